The molecule has 1 N–H and O–H groups in total. The van der Waals surface area contributed by atoms with Gasteiger partial charge in [0, 0.05) is 0 Å². The first-order valence-electron chi connectivity index (χ1n) is 4.97. The Kier molecular flexibility index (Phi) is 7.17. The van der Waals surface area contributed by atoms with E-state index in [1.54, 1.807) is 0 Å². The van der Waals surface area contributed by atoms with Crippen molar-refractivity contribution >= 4 is 0 Å². The molecule has 0 aromatic carbocycles. The zero-order valence-corrected chi connectivity index (χ0v) is 8.42. The van der Waals surface area contributed by atoms with Gasteiger partial charge in [-0.3, -0.25) is 0 Å². The predicted octanol–water partition coefficient (Wildman–Crippen LogP) is 3.14. The van der Waals surface area contributed by atoms with Gasteiger partial charge in [0.2, 0.25) is 0 Å². The third-order valence-electron chi connectivity index (χ3n) is 2.18. The van der Waals surface area contributed by atoms with Crippen molar-refractivity contribution in [2.24, 2.45) is 5.92 Å². The van der Waals surface area contributed by atoms with Gasteiger partial charge < -0.3 is 5.11 Å². The van der Waals surface area contributed by atoms with Gasteiger partial charge in [0.15, 0.2) is 0 Å². The Bertz CT molecular complexity index is 108. The molecule has 1 unspecified atom stereocenters. The van der Waals surface area contributed by atoms with Crippen LogP contribution in [0.3, 0.4) is 0 Å². The average Bonchev–Trinajstić information content (AvgIpc) is 2.03. The van der Waals surface area contributed by atoms with Crippen molar-refractivity contribution in [3.8, 4) is 0 Å². The summed E-state index contributed by atoms with van der Waals surface area (Å²) in [5.41, 5.74) is 0. The van der Waals surface area contributed by atoms with E-state index in [2.05, 4.69) is 20.4 Å². The smallest absolute Gasteiger partial charge is 0.0563 e. The second-order valence-corrected chi connectivity index (χ2v) is 3.74. The third-order valence-corrected chi connectivity index (χ3v) is 2.18. The van der Waals surface area contributed by atoms with Gasteiger partial charge in [0.25, 0.3) is 0 Å². The zero-order chi connectivity index (χ0) is 9.40. The van der Waals surface area contributed by atoms with E-state index in [0.717, 1.165) is 19.3 Å². The molecule has 1 nitrogen and oxygen atoms in total. The van der Waals surface area contributed by atoms with E-state index < -0.39 is 0 Å². The molecule has 12 heavy (non-hydrogen) atoms. The van der Waals surface area contributed by atoms with Crippen molar-refractivity contribution in [1.29, 1.82) is 0 Å². The average molecular weight is 170 g/mol. The topological polar surface area (TPSA) is 20.2 Å². The SMILES string of the molecule is C=CCCCCCC(O)C(C)C. The number of unbranched alkanes of at least 4 members (excludes halogenated alkanes) is 3. The summed E-state index contributed by atoms with van der Waals surface area (Å²) < 4.78 is 0. The summed E-state index contributed by atoms with van der Waals surface area (Å²) in [6, 6.07) is 0. The van der Waals surface area contributed by atoms with E-state index in [9.17, 15) is 5.11 Å². The Hall–Kier alpha value is -0.300. The van der Waals surface area contributed by atoms with Crippen molar-refractivity contribution in [3.63, 3.8) is 0 Å². The molecule has 0 heterocycles. The lowest BCUT2D eigenvalue weighted by atomic mass is 10.0. The molecule has 0 spiro atoms. The van der Waals surface area contributed by atoms with Crippen molar-refractivity contribution in [1.82, 2.24) is 0 Å². The van der Waals surface area contributed by atoms with Crippen molar-refractivity contribution in [2.45, 2.75) is 52.1 Å². The second-order valence-electron chi connectivity index (χ2n) is 3.74. The molecule has 0 bridgehead atoms. The van der Waals surface area contributed by atoms with E-state index >= 15 is 0 Å². The monoisotopic (exact) mass is 170 g/mol. The van der Waals surface area contributed by atoms with E-state index in [0.29, 0.717) is 5.92 Å². The molecule has 0 aliphatic carbocycles. The number of allylic oxidation sites excluding steroid dienone is 1. The van der Waals surface area contributed by atoms with E-state index in [4.69, 9.17) is 0 Å². The lowest BCUT2D eigenvalue weighted by Crippen LogP contribution is -2.13. The van der Waals surface area contributed by atoms with Crippen LogP contribution >= 0.6 is 0 Å². The van der Waals surface area contributed by atoms with Crippen LogP contribution in [0.25, 0.3) is 0 Å². The molecule has 0 amide bonds. The normalized spacial score (nSPS) is 13.3. The summed E-state index contributed by atoms with van der Waals surface area (Å²) in [5, 5.41) is 9.46. The van der Waals surface area contributed by atoms with Crippen LogP contribution in [0.2, 0.25) is 0 Å². The van der Waals surface area contributed by atoms with Gasteiger partial charge in [0.1, 0.15) is 0 Å². The highest BCUT2D eigenvalue weighted by atomic mass is 16.3. The van der Waals surface area contributed by atoms with Crippen LogP contribution in [-0.2, 0) is 0 Å². The van der Waals surface area contributed by atoms with Crippen LogP contribution in [0.15, 0.2) is 12.7 Å². The fourth-order valence-corrected chi connectivity index (χ4v) is 1.15. The van der Waals surface area contributed by atoms with E-state index in [-0.39, 0.29) is 6.10 Å². The van der Waals surface area contributed by atoms with Gasteiger partial charge in [-0.2, -0.15) is 0 Å². The van der Waals surface area contributed by atoms with Gasteiger partial charge in [-0.1, -0.05) is 32.8 Å². The number of hydrogen-bond acceptors (Lipinski definition) is 1. The molecule has 0 saturated heterocycles. The Labute approximate surface area is 76.5 Å². The van der Waals surface area contributed by atoms with Crippen molar-refractivity contribution in [2.75, 3.05) is 0 Å². The fourth-order valence-electron chi connectivity index (χ4n) is 1.15. The Morgan fingerprint density at radius 1 is 1.25 bits per heavy atom. The minimum absolute atomic E-state index is 0.103. The molecule has 0 radical (unpaired) electrons. The third kappa shape index (κ3) is 6.41. The molecule has 0 aromatic heterocycles. The highest BCUT2D eigenvalue weighted by Gasteiger charge is 2.07. The Morgan fingerprint density at radius 2 is 1.92 bits per heavy atom. The minimum Gasteiger partial charge on any atom is -0.393 e. The van der Waals surface area contributed by atoms with Crippen LogP contribution in [0.4, 0.5) is 0 Å². The first-order valence-corrected chi connectivity index (χ1v) is 4.97. The number of aliphatic hydroxyl groups is 1. The van der Waals surface area contributed by atoms with Gasteiger partial charge in [0.05, 0.1) is 6.10 Å². The van der Waals surface area contributed by atoms with E-state index in [1.807, 2.05) is 6.08 Å². The van der Waals surface area contributed by atoms with Crippen molar-refractivity contribution < 1.29 is 5.11 Å². The van der Waals surface area contributed by atoms with Gasteiger partial charge in [-0.05, 0) is 25.2 Å². The molecule has 0 fully saturated rings. The molecule has 0 rings (SSSR count). The molecule has 72 valence electrons. The van der Waals surface area contributed by atoms with Gasteiger partial charge >= 0.3 is 0 Å². The first kappa shape index (κ1) is 11.7. The molecule has 1 heteroatoms. The van der Waals surface area contributed by atoms with Crippen LogP contribution in [-0.4, -0.2) is 11.2 Å². The van der Waals surface area contributed by atoms with Crippen molar-refractivity contribution in [3.05, 3.63) is 12.7 Å². The fraction of sp³-hybridized carbons (Fsp3) is 0.818. The van der Waals surface area contributed by atoms with Gasteiger partial charge in [-0.25, -0.2) is 0 Å². The summed E-state index contributed by atoms with van der Waals surface area (Å²) in [6.45, 7) is 7.80. The summed E-state index contributed by atoms with van der Waals surface area (Å²) >= 11 is 0. The number of hydrogen-bond donors (Lipinski definition) is 1. The maximum Gasteiger partial charge on any atom is 0.0563 e. The van der Waals surface area contributed by atoms with E-state index in [1.165, 1.54) is 12.8 Å². The maximum atomic E-state index is 9.46. The summed E-state index contributed by atoms with van der Waals surface area (Å²) in [5.74, 6) is 0.407. The molecule has 0 saturated carbocycles. The summed E-state index contributed by atoms with van der Waals surface area (Å²) in [6.07, 6.45) is 7.50. The van der Waals surface area contributed by atoms with Crippen LogP contribution in [0.5, 0.6) is 0 Å². The number of rotatable bonds is 7. The largest absolute Gasteiger partial charge is 0.393 e. The van der Waals surface area contributed by atoms with Crippen LogP contribution in [0, 0.1) is 5.92 Å². The molecule has 0 aliphatic rings. The van der Waals surface area contributed by atoms with Crippen LogP contribution < -0.4 is 0 Å². The minimum atomic E-state index is -0.103. The molecular weight excluding hydrogens is 148 g/mol. The highest BCUT2D eigenvalue weighted by Crippen LogP contribution is 2.11. The standard InChI is InChI=1S/C11H22O/c1-4-5-6-7-8-9-11(12)10(2)3/h4,10-12H,1,5-9H2,2-3H3. The zero-order valence-electron chi connectivity index (χ0n) is 8.42. The highest BCUT2D eigenvalue weighted by molar-refractivity contribution is 4.66. The first-order chi connectivity index (χ1) is 5.68. The number of aliphatic hydroxyl groups excluding tert-OH is 1. The van der Waals surface area contributed by atoms with Gasteiger partial charge in [-0.15, -0.1) is 6.58 Å². The molecule has 1 atom stereocenters. The van der Waals surface area contributed by atoms with Crippen LogP contribution in [0.1, 0.15) is 46.0 Å². The molecular formula is C11H22O. The second kappa shape index (κ2) is 7.35. The Balaban J connectivity index is 3.13. The lowest BCUT2D eigenvalue weighted by Gasteiger charge is -2.13. The molecule has 0 aromatic rings. The Morgan fingerprint density at radius 3 is 2.42 bits per heavy atom. The quantitative estimate of drug-likeness (QED) is 0.459. The lowest BCUT2D eigenvalue weighted by molar-refractivity contribution is 0.113. The summed E-state index contributed by atoms with van der Waals surface area (Å²) in [7, 11) is 0. The summed E-state index contributed by atoms with van der Waals surface area (Å²) in [4.78, 5) is 0. The molecule has 0 aliphatic heterocycles. The predicted molar refractivity (Wildman–Crippen MR) is 54.1 cm³/mol. The maximum absolute atomic E-state index is 9.46.